The number of halogens is 1. The van der Waals surface area contributed by atoms with Crippen molar-refractivity contribution in [3.63, 3.8) is 0 Å². The van der Waals surface area contributed by atoms with E-state index in [1.54, 1.807) is 6.20 Å². The van der Waals surface area contributed by atoms with Gasteiger partial charge in [-0.15, -0.1) is 0 Å². The van der Waals surface area contributed by atoms with Crippen molar-refractivity contribution in [3.05, 3.63) is 53.3 Å². The summed E-state index contributed by atoms with van der Waals surface area (Å²) in [7, 11) is 0. The lowest BCUT2D eigenvalue weighted by atomic mass is 10.0. The van der Waals surface area contributed by atoms with Crippen LogP contribution in [0, 0.1) is 0 Å². The molecule has 0 atom stereocenters. The molecular formula is C12H11ClN2. The summed E-state index contributed by atoms with van der Waals surface area (Å²) in [6.45, 7) is 0.514. The van der Waals surface area contributed by atoms with Gasteiger partial charge in [0, 0.05) is 29.5 Å². The minimum Gasteiger partial charge on any atom is -0.326 e. The van der Waals surface area contributed by atoms with Gasteiger partial charge in [0.25, 0.3) is 0 Å². The Morgan fingerprint density at radius 2 is 1.87 bits per heavy atom. The molecule has 0 spiro atoms. The maximum atomic E-state index is 5.83. The summed E-state index contributed by atoms with van der Waals surface area (Å²) in [6, 6.07) is 9.61. The molecule has 0 aliphatic heterocycles. The van der Waals surface area contributed by atoms with Gasteiger partial charge in [0.2, 0.25) is 0 Å². The van der Waals surface area contributed by atoms with E-state index >= 15 is 0 Å². The molecule has 2 nitrogen and oxygen atoms in total. The lowest BCUT2D eigenvalue weighted by molar-refractivity contribution is 1.06. The number of rotatable bonds is 2. The van der Waals surface area contributed by atoms with Crippen LogP contribution in [-0.2, 0) is 6.54 Å². The van der Waals surface area contributed by atoms with E-state index in [0.717, 1.165) is 21.7 Å². The summed E-state index contributed by atoms with van der Waals surface area (Å²) >= 11 is 5.83. The standard InChI is InChI=1S/C12H11ClN2/c13-11-3-1-9(2-4-11)12-8-15-6-5-10(12)7-14/h1-6,8H,7,14H2. The van der Waals surface area contributed by atoms with Gasteiger partial charge in [-0.25, -0.2) is 0 Å². The SMILES string of the molecule is NCc1ccncc1-c1ccc(Cl)cc1. The van der Waals surface area contributed by atoms with E-state index in [1.807, 2.05) is 36.5 Å². The molecule has 0 aliphatic rings. The Labute approximate surface area is 93.7 Å². The molecule has 0 bridgehead atoms. The zero-order valence-electron chi connectivity index (χ0n) is 8.15. The smallest absolute Gasteiger partial charge is 0.0406 e. The van der Waals surface area contributed by atoms with Crippen LogP contribution in [0.2, 0.25) is 5.02 Å². The van der Waals surface area contributed by atoms with Crippen LogP contribution < -0.4 is 5.73 Å². The fourth-order valence-corrected chi connectivity index (χ4v) is 1.62. The predicted molar refractivity (Wildman–Crippen MR) is 62.6 cm³/mol. The average Bonchev–Trinajstić information content (AvgIpc) is 2.30. The zero-order valence-corrected chi connectivity index (χ0v) is 8.91. The monoisotopic (exact) mass is 218 g/mol. The summed E-state index contributed by atoms with van der Waals surface area (Å²) in [5.74, 6) is 0. The van der Waals surface area contributed by atoms with Gasteiger partial charge in [-0.3, -0.25) is 4.98 Å². The first-order chi connectivity index (χ1) is 7.31. The van der Waals surface area contributed by atoms with Gasteiger partial charge in [0.1, 0.15) is 0 Å². The first-order valence-corrected chi connectivity index (χ1v) is 5.08. The molecule has 0 aliphatic carbocycles. The molecule has 0 saturated heterocycles. The number of pyridine rings is 1. The summed E-state index contributed by atoms with van der Waals surface area (Å²) in [5.41, 5.74) is 8.91. The summed E-state index contributed by atoms with van der Waals surface area (Å²) in [5, 5.41) is 0.733. The van der Waals surface area contributed by atoms with Crippen LogP contribution in [0.4, 0.5) is 0 Å². The normalized spacial score (nSPS) is 10.3. The third-order valence-corrected chi connectivity index (χ3v) is 2.54. The fraction of sp³-hybridized carbons (Fsp3) is 0.0833. The Kier molecular flexibility index (Phi) is 2.99. The zero-order chi connectivity index (χ0) is 10.7. The largest absolute Gasteiger partial charge is 0.326 e. The van der Waals surface area contributed by atoms with Crippen molar-refractivity contribution in [3.8, 4) is 11.1 Å². The van der Waals surface area contributed by atoms with E-state index in [1.165, 1.54) is 0 Å². The Bertz CT molecular complexity index is 451. The van der Waals surface area contributed by atoms with E-state index in [-0.39, 0.29) is 0 Å². The molecule has 15 heavy (non-hydrogen) atoms. The van der Waals surface area contributed by atoms with Crippen molar-refractivity contribution in [2.45, 2.75) is 6.54 Å². The second-order valence-corrected chi connectivity index (χ2v) is 3.68. The number of benzene rings is 1. The van der Waals surface area contributed by atoms with Gasteiger partial charge < -0.3 is 5.73 Å². The molecule has 0 amide bonds. The Morgan fingerprint density at radius 3 is 2.53 bits per heavy atom. The van der Waals surface area contributed by atoms with Crippen LogP contribution >= 0.6 is 11.6 Å². The van der Waals surface area contributed by atoms with Crippen LogP contribution in [0.3, 0.4) is 0 Å². The molecule has 0 fully saturated rings. The molecule has 2 N–H and O–H groups in total. The van der Waals surface area contributed by atoms with Gasteiger partial charge in [0.05, 0.1) is 0 Å². The van der Waals surface area contributed by atoms with Crippen molar-refractivity contribution >= 4 is 11.6 Å². The van der Waals surface area contributed by atoms with Crippen LogP contribution in [0.5, 0.6) is 0 Å². The van der Waals surface area contributed by atoms with E-state index in [2.05, 4.69) is 4.98 Å². The Morgan fingerprint density at radius 1 is 1.13 bits per heavy atom. The molecule has 0 saturated carbocycles. The number of nitrogens with two attached hydrogens (primary N) is 1. The van der Waals surface area contributed by atoms with Gasteiger partial charge >= 0.3 is 0 Å². The van der Waals surface area contributed by atoms with Gasteiger partial charge in [-0.05, 0) is 29.3 Å². The molecule has 2 aromatic rings. The quantitative estimate of drug-likeness (QED) is 0.842. The van der Waals surface area contributed by atoms with Crippen molar-refractivity contribution in [1.82, 2.24) is 4.98 Å². The minimum atomic E-state index is 0.514. The Hall–Kier alpha value is -1.38. The molecule has 2 rings (SSSR count). The molecule has 1 aromatic heterocycles. The Balaban J connectivity index is 2.49. The third kappa shape index (κ3) is 2.17. The van der Waals surface area contributed by atoms with E-state index in [4.69, 9.17) is 17.3 Å². The maximum Gasteiger partial charge on any atom is 0.0406 e. The first kappa shape index (κ1) is 10.1. The highest BCUT2D eigenvalue weighted by Crippen LogP contribution is 2.23. The number of hydrogen-bond donors (Lipinski definition) is 1. The van der Waals surface area contributed by atoms with Gasteiger partial charge in [-0.2, -0.15) is 0 Å². The summed E-state index contributed by atoms with van der Waals surface area (Å²) < 4.78 is 0. The minimum absolute atomic E-state index is 0.514. The second kappa shape index (κ2) is 4.43. The first-order valence-electron chi connectivity index (χ1n) is 4.70. The third-order valence-electron chi connectivity index (χ3n) is 2.29. The topological polar surface area (TPSA) is 38.9 Å². The number of nitrogens with zero attached hydrogens (tertiary/aromatic N) is 1. The van der Waals surface area contributed by atoms with Crippen LogP contribution in [0.25, 0.3) is 11.1 Å². The van der Waals surface area contributed by atoms with Crippen molar-refractivity contribution in [2.24, 2.45) is 5.73 Å². The highest BCUT2D eigenvalue weighted by molar-refractivity contribution is 6.30. The summed E-state index contributed by atoms with van der Waals surface area (Å²) in [6.07, 6.45) is 3.58. The predicted octanol–water partition coefficient (Wildman–Crippen LogP) is 2.86. The number of hydrogen-bond acceptors (Lipinski definition) is 2. The van der Waals surface area contributed by atoms with Crippen molar-refractivity contribution in [2.75, 3.05) is 0 Å². The van der Waals surface area contributed by atoms with Crippen LogP contribution in [-0.4, -0.2) is 4.98 Å². The average molecular weight is 219 g/mol. The number of aromatic nitrogens is 1. The molecule has 1 heterocycles. The molecule has 3 heteroatoms. The molecule has 76 valence electrons. The highest BCUT2D eigenvalue weighted by Gasteiger charge is 2.02. The van der Waals surface area contributed by atoms with Gasteiger partial charge in [-0.1, -0.05) is 23.7 Å². The van der Waals surface area contributed by atoms with E-state index < -0.39 is 0 Å². The van der Waals surface area contributed by atoms with Crippen LogP contribution in [0.1, 0.15) is 5.56 Å². The lowest BCUT2D eigenvalue weighted by Crippen LogP contribution is -1.99. The van der Waals surface area contributed by atoms with E-state index in [0.29, 0.717) is 6.54 Å². The lowest BCUT2D eigenvalue weighted by Gasteiger charge is -2.06. The molecule has 0 radical (unpaired) electrons. The molecule has 1 aromatic carbocycles. The highest BCUT2D eigenvalue weighted by atomic mass is 35.5. The fourth-order valence-electron chi connectivity index (χ4n) is 1.49. The van der Waals surface area contributed by atoms with Crippen molar-refractivity contribution < 1.29 is 0 Å². The van der Waals surface area contributed by atoms with E-state index in [9.17, 15) is 0 Å². The van der Waals surface area contributed by atoms with Gasteiger partial charge in [0.15, 0.2) is 0 Å². The molecular weight excluding hydrogens is 208 g/mol. The van der Waals surface area contributed by atoms with Crippen LogP contribution in [0.15, 0.2) is 42.7 Å². The molecule has 0 unspecified atom stereocenters. The van der Waals surface area contributed by atoms with Crippen molar-refractivity contribution in [1.29, 1.82) is 0 Å². The maximum absolute atomic E-state index is 5.83. The second-order valence-electron chi connectivity index (χ2n) is 3.24. The summed E-state index contributed by atoms with van der Waals surface area (Å²) in [4.78, 5) is 4.10.